The third kappa shape index (κ3) is 5.78. The molecule has 0 saturated carbocycles. The van der Waals surface area contributed by atoms with E-state index in [-0.39, 0.29) is 5.82 Å². The maximum atomic E-state index is 12.9. The van der Waals surface area contributed by atoms with Crippen LogP contribution in [0, 0.1) is 5.82 Å². The van der Waals surface area contributed by atoms with Crippen molar-refractivity contribution in [3.05, 3.63) is 59.9 Å². The lowest BCUT2D eigenvalue weighted by atomic mass is 10.1. The second-order valence-corrected chi connectivity index (χ2v) is 7.61. The zero-order valence-corrected chi connectivity index (χ0v) is 16.0. The molecule has 0 aliphatic heterocycles. The van der Waals surface area contributed by atoms with Gasteiger partial charge in [-0.2, -0.15) is 5.10 Å². The number of hydrogen-bond acceptors (Lipinski definition) is 5. The molecule has 7 nitrogen and oxygen atoms in total. The van der Waals surface area contributed by atoms with Crippen LogP contribution in [-0.4, -0.2) is 39.9 Å². The van der Waals surface area contributed by atoms with Crippen LogP contribution >= 0.6 is 0 Å². The minimum absolute atomic E-state index is 0.327. The van der Waals surface area contributed by atoms with Crippen molar-refractivity contribution in [2.24, 2.45) is 5.10 Å². The van der Waals surface area contributed by atoms with Crippen molar-refractivity contribution in [2.75, 3.05) is 24.2 Å². The van der Waals surface area contributed by atoms with E-state index in [1.807, 2.05) is 0 Å². The summed E-state index contributed by atoms with van der Waals surface area (Å²) in [5, 5.41) is 3.93. The van der Waals surface area contributed by atoms with Crippen LogP contribution in [-0.2, 0) is 14.8 Å². The van der Waals surface area contributed by atoms with E-state index in [2.05, 4.69) is 10.5 Å². The molecule has 0 fully saturated rings. The molecular formula is C18H20FN3O4S. The van der Waals surface area contributed by atoms with Crippen LogP contribution in [0.15, 0.2) is 53.6 Å². The van der Waals surface area contributed by atoms with Crippen LogP contribution < -0.4 is 14.5 Å². The Morgan fingerprint density at radius 3 is 2.26 bits per heavy atom. The fraction of sp³-hybridized carbons (Fsp3) is 0.222. The zero-order valence-electron chi connectivity index (χ0n) is 15.1. The average Bonchev–Trinajstić information content (AvgIpc) is 2.64. The lowest BCUT2D eigenvalue weighted by molar-refractivity contribution is -0.119. The van der Waals surface area contributed by atoms with Crippen molar-refractivity contribution in [2.45, 2.75) is 6.92 Å². The summed E-state index contributed by atoms with van der Waals surface area (Å²) in [4.78, 5) is 12.2. The standard InChI is InChI=1S/C18H20FN3O4S/c1-13(14-4-6-15(19)7-5-14)20-21-18(23)12-22(27(3,24)25)16-8-10-17(26-2)11-9-16/h4-11H,12H2,1-3H3,(H,21,23)/b20-13-. The normalized spacial score (nSPS) is 11.8. The number of rotatable bonds is 7. The fourth-order valence-corrected chi connectivity index (χ4v) is 3.07. The molecule has 2 aromatic rings. The highest BCUT2D eigenvalue weighted by Gasteiger charge is 2.20. The molecule has 9 heteroatoms. The van der Waals surface area contributed by atoms with Gasteiger partial charge in [-0.15, -0.1) is 0 Å². The van der Waals surface area contributed by atoms with Crippen LogP contribution in [0.25, 0.3) is 0 Å². The molecule has 0 saturated heterocycles. The third-order valence-electron chi connectivity index (χ3n) is 3.66. The molecule has 2 aromatic carbocycles. The van der Waals surface area contributed by atoms with Crippen LogP contribution in [0.5, 0.6) is 5.75 Å². The van der Waals surface area contributed by atoms with Gasteiger partial charge in [-0.25, -0.2) is 18.2 Å². The maximum absolute atomic E-state index is 12.9. The monoisotopic (exact) mass is 393 g/mol. The third-order valence-corrected chi connectivity index (χ3v) is 4.80. The van der Waals surface area contributed by atoms with Gasteiger partial charge >= 0.3 is 0 Å². The lowest BCUT2D eigenvalue weighted by Gasteiger charge is -2.21. The van der Waals surface area contributed by atoms with Crippen LogP contribution in [0.4, 0.5) is 10.1 Å². The largest absolute Gasteiger partial charge is 0.497 e. The number of hydrogen-bond donors (Lipinski definition) is 1. The Labute approximate surface area is 157 Å². The summed E-state index contributed by atoms with van der Waals surface area (Å²) in [6.07, 6.45) is 1.01. The predicted octanol–water partition coefficient (Wildman–Crippen LogP) is 2.14. The SMILES string of the molecule is COc1ccc(N(CC(=O)N/N=C(/C)c2ccc(F)cc2)S(C)(=O)=O)cc1. The topological polar surface area (TPSA) is 88.1 Å². The number of methoxy groups -OCH3 is 1. The first-order valence-corrected chi connectivity index (χ1v) is 9.76. The minimum Gasteiger partial charge on any atom is -0.497 e. The molecule has 0 aromatic heterocycles. The van der Waals surface area contributed by atoms with E-state index >= 15 is 0 Å². The first-order valence-electron chi connectivity index (χ1n) is 7.91. The van der Waals surface area contributed by atoms with Gasteiger partial charge in [0.2, 0.25) is 10.0 Å². The van der Waals surface area contributed by atoms with Crippen molar-refractivity contribution in [3.8, 4) is 5.75 Å². The summed E-state index contributed by atoms with van der Waals surface area (Å²) in [6, 6.07) is 11.9. The summed E-state index contributed by atoms with van der Waals surface area (Å²) < 4.78 is 43.1. The van der Waals surface area contributed by atoms with Gasteiger partial charge in [-0.3, -0.25) is 9.10 Å². The van der Waals surface area contributed by atoms with E-state index in [1.165, 1.54) is 31.4 Å². The van der Waals surface area contributed by atoms with Gasteiger partial charge in [0.25, 0.3) is 5.91 Å². The minimum atomic E-state index is -3.69. The van der Waals surface area contributed by atoms with Gasteiger partial charge in [0, 0.05) is 0 Å². The van der Waals surface area contributed by atoms with E-state index in [0.717, 1.165) is 10.6 Å². The van der Waals surface area contributed by atoms with Gasteiger partial charge in [0.05, 0.1) is 24.8 Å². The van der Waals surface area contributed by atoms with Crippen molar-refractivity contribution >= 4 is 27.3 Å². The van der Waals surface area contributed by atoms with E-state index in [9.17, 15) is 17.6 Å². The molecule has 0 aliphatic carbocycles. The number of carbonyl (C=O) groups excluding carboxylic acids is 1. The molecule has 144 valence electrons. The molecule has 0 atom stereocenters. The van der Waals surface area contributed by atoms with Crippen molar-refractivity contribution < 1.29 is 22.3 Å². The van der Waals surface area contributed by atoms with Gasteiger partial charge < -0.3 is 4.74 Å². The number of benzene rings is 2. The average molecular weight is 393 g/mol. The molecular weight excluding hydrogens is 373 g/mol. The predicted molar refractivity (Wildman–Crippen MR) is 102 cm³/mol. The number of nitrogens with one attached hydrogen (secondary N) is 1. The highest BCUT2D eigenvalue weighted by atomic mass is 32.2. The molecule has 0 spiro atoms. The smallest absolute Gasteiger partial charge is 0.260 e. The van der Waals surface area contributed by atoms with Crippen molar-refractivity contribution in [3.63, 3.8) is 0 Å². The molecule has 27 heavy (non-hydrogen) atoms. The number of halogens is 1. The second-order valence-electron chi connectivity index (χ2n) is 5.71. The highest BCUT2D eigenvalue weighted by molar-refractivity contribution is 7.92. The van der Waals surface area contributed by atoms with Gasteiger partial charge in [0.15, 0.2) is 0 Å². The molecule has 1 amide bonds. The summed E-state index contributed by atoms with van der Waals surface area (Å²) in [6.45, 7) is 1.21. The Hall–Kier alpha value is -2.94. The molecule has 1 N–H and O–H groups in total. The number of anilines is 1. The molecule has 0 unspecified atom stereocenters. The van der Waals surface area contributed by atoms with Gasteiger partial charge in [0.1, 0.15) is 18.1 Å². The van der Waals surface area contributed by atoms with E-state index in [4.69, 9.17) is 4.74 Å². The van der Waals surface area contributed by atoms with Crippen LogP contribution in [0.3, 0.4) is 0 Å². The first-order chi connectivity index (χ1) is 12.7. The Morgan fingerprint density at radius 1 is 1.15 bits per heavy atom. The fourth-order valence-electron chi connectivity index (χ4n) is 2.22. The maximum Gasteiger partial charge on any atom is 0.260 e. The molecule has 0 heterocycles. The Bertz CT molecular complexity index is 926. The Kier molecular flexibility index (Phi) is 6.51. The highest BCUT2D eigenvalue weighted by Crippen LogP contribution is 2.21. The molecule has 0 bridgehead atoms. The molecule has 0 aliphatic rings. The summed E-state index contributed by atoms with van der Waals surface area (Å²) in [7, 11) is -2.19. The number of nitrogens with zero attached hydrogens (tertiary/aromatic N) is 2. The second kappa shape index (κ2) is 8.63. The summed E-state index contributed by atoms with van der Waals surface area (Å²) in [5.74, 6) is -0.423. The van der Waals surface area contributed by atoms with Crippen molar-refractivity contribution in [1.82, 2.24) is 5.43 Å². The van der Waals surface area contributed by atoms with Crippen molar-refractivity contribution in [1.29, 1.82) is 0 Å². The van der Waals surface area contributed by atoms with Crippen LogP contribution in [0.1, 0.15) is 12.5 Å². The van der Waals surface area contributed by atoms with Gasteiger partial charge in [-0.1, -0.05) is 12.1 Å². The van der Waals surface area contributed by atoms with E-state index < -0.39 is 22.5 Å². The van der Waals surface area contributed by atoms with Crippen LogP contribution in [0.2, 0.25) is 0 Å². The van der Waals surface area contributed by atoms with Gasteiger partial charge in [-0.05, 0) is 48.9 Å². The number of amides is 1. The summed E-state index contributed by atoms with van der Waals surface area (Å²) >= 11 is 0. The number of sulfonamides is 1. The number of carbonyl (C=O) groups is 1. The number of hydrazone groups is 1. The quantitative estimate of drug-likeness (QED) is 0.577. The molecule has 2 rings (SSSR count). The first kappa shape index (κ1) is 20.4. The molecule has 0 radical (unpaired) electrons. The Balaban J connectivity index is 2.11. The number of ether oxygens (including phenoxy) is 1. The Morgan fingerprint density at radius 2 is 1.74 bits per heavy atom. The van der Waals surface area contributed by atoms with E-state index in [0.29, 0.717) is 22.7 Å². The lowest BCUT2D eigenvalue weighted by Crippen LogP contribution is -2.39. The summed E-state index contributed by atoms with van der Waals surface area (Å²) in [5.41, 5.74) is 3.73. The van der Waals surface area contributed by atoms with E-state index in [1.54, 1.807) is 31.2 Å². The zero-order chi connectivity index (χ0) is 20.0.